The lowest BCUT2D eigenvalue weighted by molar-refractivity contribution is 0.317. The molecule has 1 unspecified atom stereocenters. The molecule has 1 N–H and O–H groups in total. The number of hydrogen-bond acceptors (Lipinski definition) is 2. The Morgan fingerprint density at radius 3 is 2.21 bits per heavy atom. The van der Waals surface area contributed by atoms with Gasteiger partial charge in [-0.25, -0.2) is 0 Å². The van der Waals surface area contributed by atoms with Crippen molar-refractivity contribution in [2.45, 2.75) is 59.5 Å². The van der Waals surface area contributed by atoms with E-state index in [1.165, 1.54) is 18.4 Å². The van der Waals surface area contributed by atoms with Crippen LogP contribution in [0, 0.1) is 5.92 Å². The predicted octanol–water partition coefficient (Wildman–Crippen LogP) is 4.39. The van der Waals surface area contributed by atoms with Crippen molar-refractivity contribution in [2.24, 2.45) is 5.92 Å². The number of ether oxygens (including phenoxy) is 1. The first-order valence-electron chi connectivity index (χ1n) is 7.66. The van der Waals surface area contributed by atoms with Crippen LogP contribution in [0.2, 0.25) is 0 Å². The first kappa shape index (κ1) is 16.0. The summed E-state index contributed by atoms with van der Waals surface area (Å²) in [6, 6.07) is 9.00. The molecule has 0 aliphatic rings. The zero-order valence-corrected chi connectivity index (χ0v) is 12.9. The van der Waals surface area contributed by atoms with Crippen LogP contribution in [0.15, 0.2) is 24.3 Å². The van der Waals surface area contributed by atoms with Crippen molar-refractivity contribution in [2.75, 3.05) is 6.61 Å². The second-order valence-corrected chi connectivity index (χ2v) is 5.24. The summed E-state index contributed by atoms with van der Waals surface area (Å²) >= 11 is 0. The predicted molar refractivity (Wildman–Crippen MR) is 82.6 cm³/mol. The molecule has 0 fully saturated rings. The zero-order valence-electron chi connectivity index (χ0n) is 12.9. The maximum absolute atomic E-state index is 5.59. The Hall–Kier alpha value is -1.02. The minimum absolute atomic E-state index is 0.575. The molecular formula is C17H29NO. The Kier molecular flexibility index (Phi) is 7.57. The standard InChI is InChI=1S/C17H29NO/c1-5-12-19-17-10-8-15(9-11-17)13-18-14(4)16(6-2)7-3/h8-11,14,16,18H,5-7,12-13H2,1-4H3. The van der Waals surface area contributed by atoms with Gasteiger partial charge in [0, 0.05) is 12.6 Å². The lowest BCUT2D eigenvalue weighted by Crippen LogP contribution is -2.32. The average molecular weight is 263 g/mol. The highest BCUT2D eigenvalue weighted by Gasteiger charge is 2.12. The molecule has 108 valence electrons. The van der Waals surface area contributed by atoms with Gasteiger partial charge in [-0.15, -0.1) is 0 Å². The minimum Gasteiger partial charge on any atom is -0.494 e. The first-order valence-corrected chi connectivity index (χ1v) is 7.66. The van der Waals surface area contributed by atoms with E-state index >= 15 is 0 Å². The van der Waals surface area contributed by atoms with Crippen LogP contribution in [0.4, 0.5) is 0 Å². The summed E-state index contributed by atoms with van der Waals surface area (Å²) in [5.41, 5.74) is 1.32. The van der Waals surface area contributed by atoms with Gasteiger partial charge in [0.1, 0.15) is 5.75 Å². The number of hydrogen-bond donors (Lipinski definition) is 1. The van der Waals surface area contributed by atoms with E-state index in [0.29, 0.717) is 6.04 Å². The third-order valence-electron chi connectivity index (χ3n) is 3.78. The van der Waals surface area contributed by atoms with Gasteiger partial charge in [0.2, 0.25) is 0 Å². The van der Waals surface area contributed by atoms with Crippen LogP contribution >= 0.6 is 0 Å². The summed E-state index contributed by atoms with van der Waals surface area (Å²) in [5.74, 6) is 1.74. The van der Waals surface area contributed by atoms with Crippen LogP contribution in [0.25, 0.3) is 0 Å². The van der Waals surface area contributed by atoms with Gasteiger partial charge in [0.25, 0.3) is 0 Å². The van der Waals surface area contributed by atoms with Crippen LogP contribution in [0.3, 0.4) is 0 Å². The molecule has 0 radical (unpaired) electrons. The molecule has 0 bridgehead atoms. The van der Waals surface area contributed by atoms with Crippen molar-refractivity contribution in [1.29, 1.82) is 0 Å². The second-order valence-electron chi connectivity index (χ2n) is 5.24. The molecule has 0 saturated heterocycles. The molecule has 0 spiro atoms. The van der Waals surface area contributed by atoms with Crippen LogP contribution in [0.5, 0.6) is 5.75 Å². The van der Waals surface area contributed by atoms with Crippen molar-refractivity contribution in [3.05, 3.63) is 29.8 Å². The van der Waals surface area contributed by atoms with Crippen molar-refractivity contribution in [3.8, 4) is 5.75 Å². The molecule has 2 nitrogen and oxygen atoms in total. The second kappa shape index (κ2) is 8.98. The molecule has 0 aliphatic heterocycles. The van der Waals surface area contributed by atoms with E-state index in [-0.39, 0.29) is 0 Å². The van der Waals surface area contributed by atoms with E-state index in [9.17, 15) is 0 Å². The number of rotatable bonds is 9. The van der Waals surface area contributed by atoms with Gasteiger partial charge in [-0.3, -0.25) is 0 Å². The maximum atomic E-state index is 5.59. The van der Waals surface area contributed by atoms with Crippen molar-refractivity contribution in [3.63, 3.8) is 0 Å². The lowest BCUT2D eigenvalue weighted by Gasteiger charge is -2.22. The third-order valence-corrected chi connectivity index (χ3v) is 3.78. The van der Waals surface area contributed by atoms with Crippen LogP contribution in [-0.4, -0.2) is 12.6 Å². The highest BCUT2D eigenvalue weighted by molar-refractivity contribution is 5.27. The number of nitrogens with one attached hydrogen (secondary N) is 1. The van der Waals surface area contributed by atoms with E-state index in [2.05, 4.69) is 57.3 Å². The van der Waals surface area contributed by atoms with Crippen LogP contribution in [0.1, 0.15) is 52.5 Å². The topological polar surface area (TPSA) is 21.3 Å². The fourth-order valence-corrected chi connectivity index (χ4v) is 2.36. The highest BCUT2D eigenvalue weighted by atomic mass is 16.5. The van der Waals surface area contributed by atoms with Gasteiger partial charge >= 0.3 is 0 Å². The molecule has 2 heteroatoms. The summed E-state index contributed by atoms with van der Waals surface area (Å²) in [4.78, 5) is 0. The fourth-order valence-electron chi connectivity index (χ4n) is 2.36. The molecular weight excluding hydrogens is 234 g/mol. The summed E-state index contributed by atoms with van der Waals surface area (Å²) in [7, 11) is 0. The molecule has 0 heterocycles. The molecule has 0 aliphatic carbocycles. The zero-order chi connectivity index (χ0) is 14.1. The van der Waals surface area contributed by atoms with E-state index < -0.39 is 0 Å². The van der Waals surface area contributed by atoms with Crippen LogP contribution in [-0.2, 0) is 6.54 Å². The Bertz CT molecular complexity index is 330. The van der Waals surface area contributed by atoms with Crippen molar-refractivity contribution >= 4 is 0 Å². The highest BCUT2D eigenvalue weighted by Crippen LogP contribution is 2.15. The molecule has 1 aromatic carbocycles. The largest absolute Gasteiger partial charge is 0.494 e. The molecule has 0 saturated carbocycles. The summed E-state index contributed by atoms with van der Waals surface area (Å²) in [6.07, 6.45) is 3.54. The van der Waals surface area contributed by atoms with Gasteiger partial charge in [0.05, 0.1) is 6.61 Å². The van der Waals surface area contributed by atoms with E-state index in [1.54, 1.807) is 0 Å². The molecule has 1 aromatic rings. The molecule has 1 atom stereocenters. The van der Waals surface area contributed by atoms with Gasteiger partial charge in [-0.05, 0) is 37.0 Å². The fraction of sp³-hybridized carbons (Fsp3) is 0.647. The van der Waals surface area contributed by atoms with Gasteiger partial charge in [-0.1, -0.05) is 45.7 Å². The Morgan fingerprint density at radius 1 is 1.05 bits per heavy atom. The van der Waals surface area contributed by atoms with E-state index in [1.807, 2.05) is 0 Å². The molecule has 0 aromatic heterocycles. The van der Waals surface area contributed by atoms with Crippen LogP contribution < -0.4 is 10.1 Å². The van der Waals surface area contributed by atoms with Crippen molar-refractivity contribution in [1.82, 2.24) is 5.32 Å². The Morgan fingerprint density at radius 2 is 1.68 bits per heavy atom. The molecule has 1 rings (SSSR count). The van der Waals surface area contributed by atoms with Gasteiger partial charge in [0.15, 0.2) is 0 Å². The first-order chi connectivity index (χ1) is 9.21. The monoisotopic (exact) mass is 263 g/mol. The maximum Gasteiger partial charge on any atom is 0.119 e. The molecule has 19 heavy (non-hydrogen) atoms. The minimum atomic E-state index is 0.575. The number of benzene rings is 1. The van der Waals surface area contributed by atoms with E-state index in [4.69, 9.17) is 4.74 Å². The van der Waals surface area contributed by atoms with Crippen molar-refractivity contribution < 1.29 is 4.74 Å². The smallest absolute Gasteiger partial charge is 0.119 e. The van der Waals surface area contributed by atoms with E-state index in [0.717, 1.165) is 31.2 Å². The Balaban J connectivity index is 2.40. The average Bonchev–Trinajstić information content (AvgIpc) is 2.45. The Labute approximate surface area is 118 Å². The third kappa shape index (κ3) is 5.65. The lowest BCUT2D eigenvalue weighted by atomic mass is 9.95. The quantitative estimate of drug-likeness (QED) is 0.713. The summed E-state index contributed by atoms with van der Waals surface area (Å²) < 4.78 is 5.59. The SMILES string of the molecule is CCCOc1ccc(CNC(C)C(CC)CC)cc1. The molecule has 0 amide bonds. The normalized spacial score (nSPS) is 12.7. The van der Waals surface area contributed by atoms with Gasteiger partial charge in [-0.2, -0.15) is 0 Å². The summed E-state index contributed by atoms with van der Waals surface area (Å²) in [5, 5.41) is 3.62. The summed E-state index contributed by atoms with van der Waals surface area (Å²) in [6.45, 7) is 10.7. The van der Waals surface area contributed by atoms with Gasteiger partial charge < -0.3 is 10.1 Å².